The molecule has 36 heavy (non-hydrogen) atoms. The van der Waals surface area contributed by atoms with Gasteiger partial charge < -0.3 is 15.5 Å². The maximum Gasteiger partial charge on any atom is 0.241 e. The lowest BCUT2D eigenvalue weighted by atomic mass is 10.0. The molecule has 1 heterocycles. The van der Waals surface area contributed by atoms with E-state index in [1.165, 1.54) is 30.5 Å². The van der Waals surface area contributed by atoms with Gasteiger partial charge in [0.25, 0.3) is 0 Å². The van der Waals surface area contributed by atoms with Crippen molar-refractivity contribution in [2.75, 3.05) is 29.8 Å². The molecule has 0 saturated heterocycles. The van der Waals surface area contributed by atoms with Crippen molar-refractivity contribution in [1.82, 2.24) is 9.97 Å². The van der Waals surface area contributed by atoms with Gasteiger partial charge in [0.15, 0.2) is 5.82 Å². The monoisotopic (exact) mass is 556 g/mol. The second kappa shape index (κ2) is 10.7. The van der Waals surface area contributed by atoms with Gasteiger partial charge in [-0.05, 0) is 47.6 Å². The molecule has 8 nitrogen and oxygen atoms in total. The molecule has 13 heteroatoms. The molecule has 2 atom stereocenters. The molecule has 4 N–H and O–H groups in total. The van der Waals surface area contributed by atoms with Crippen molar-refractivity contribution in [3.63, 3.8) is 0 Å². The van der Waals surface area contributed by atoms with Crippen LogP contribution in [0.2, 0.25) is 0 Å². The van der Waals surface area contributed by atoms with Crippen molar-refractivity contribution in [2.45, 2.75) is 10.6 Å². The summed E-state index contributed by atoms with van der Waals surface area (Å²) < 4.78 is 58.4. The molecule has 3 aromatic rings. The Morgan fingerprint density at radius 3 is 2.64 bits per heavy atom. The van der Waals surface area contributed by atoms with Gasteiger partial charge in [0.05, 0.1) is 35.4 Å². The zero-order chi connectivity index (χ0) is 26.0. The van der Waals surface area contributed by atoms with Gasteiger partial charge in [-0.2, -0.15) is 0 Å². The van der Waals surface area contributed by atoms with Crippen molar-refractivity contribution < 1.29 is 27.4 Å². The highest BCUT2D eigenvalue weighted by Gasteiger charge is 2.36. The van der Waals surface area contributed by atoms with Gasteiger partial charge in [-0.15, -0.1) is 11.6 Å². The minimum absolute atomic E-state index is 0.0553. The van der Waals surface area contributed by atoms with Crippen LogP contribution in [0.1, 0.15) is 0 Å². The van der Waals surface area contributed by atoms with Gasteiger partial charge in [-0.3, -0.25) is 4.72 Å². The number of alkyl halides is 1. The predicted molar refractivity (Wildman–Crippen MR) is 136 cm³/mol. The van der Waals surface area contributed by atoms with Gasteiger partial charge in [0, 0.05) is 23.2 Å². The first kappa shape index (κ1) is 26.2. The Kier molecular flexibility index (Phi) is 7.76. The molecule has 1 aliphatic rings. The molecule has 0 bridgehead atoms. The van der Waals surface area contributed by atoms with Crippen molar-refractivity contribution in [3.8, 4) is 11.1 Å². The fraction of sp³-hybridized carbons (Fsp3) is 0.217. The summed E-state index contributed by atoms with van der Waals surface area (Å²) in [5.74, 6) is -1.75. The summed E-state index contributed by atoms with van der Waals surface area (Å²) in [6.07, 6.45) is 3.99. The van der Waals surface area contributed by atoms with E-state index in [4.69, 9.17) is 28.3 Å². The molecule has 0 fully saturated rings. The SMILES string of the molecule is O=S(=O)(Nc1ccc(F)c(-c2ccc3nc(NCCO)ncc3c2)c1F)C1C=C(Cl)C=C(CO)C1Cl. The number of benzene rings is 2. The Labute approximate surface area is 215 Å². The van der Waals surface area contributed by atoms with Crippen LogP contribution < -0.4 is 10.0 Å². The highest BCUT2D eigenvalue weighted by atomic mass is 35.5. The Bertz CT molecular complexity index is 1480. The molecule has 1 aromatic heterocycles. The van der Waals surface area contributed by atoms with Crippen LogP contribution in [0, 0.1) is 11.6 Å². The smallest absolute Gasteiger partial charge is 0.241 e. The summed E-state index contributed by atoms with van der Waals surface area (Å²) in [6.45, 7) is -0.356. The highest BCUT2D eigenvalue weighted by molar-refractivity contribution is 7.93. The van der Waals surface area contributed by atoms with E-state index in [2.05, 4.69) is 20.0 Å². The first-order chi connectivity index (χ1) is 17.1. The first-order valence-electron chi connectivity index (χ1n) is 10.6. The number of halogens is 4. The van der Waals surface area contributed by atoms with Crippen LogP contribution >= 0.6 is 23.2 Å². The quantitative estimate of drug-likeness (QED) is 0.311. The number of allylic oxidation sites excluding steroid dienone is 2. The van der Waals surface area contributed by atoms with Crippen LogP contribution in [-0.4, -0.2) is 59.0 Å². The lowest BCUT2D eigenvalue weighted by Crippen LogP contribution is -2.37. The standard InChI is InChI=1S/C23H20Cl2F2N4O4S/c24-15-8-14(11-33)21(25)19(9-15)36(34,35)31-18-4-2-16(26)20(22(18)27)12-1-3-17-13(7-12)10-29-23(30-17)28-5-6-32/h1-4,7-10,19,21,31-33H,5-6,11H2,(H,28,29,30). The molecule has 0 spiro atoms. The average molecular weight is 557 g/mol. The van der Waals surface area contributed by atoms with Gasteiger partial charge in [-0.1, -0.05) is 17.7 Å². The largest absolute Gasteiger partial charge is 0.395 e. The van der Waals surface area contributed by atoms with E-state index in [1.54, 1.807) is 6.07 Å². The predicted octanol–water partition coefficient (Wildman–Crippen LogP) is 3.75. The molecule has 2 unspecified atom stereocenters. The highest BCUT2D eigenvalue weighted by Crippen LogP contribution is 2.35. The lowest BCUT2D eigenvalue weighted by Gasteiger charge is -2.25. The molecule has 0 saturated carbocycles. The molecule has 2 aromatic carbocycles. The van der Waals surface area contributed by atoms with E-state index in [1.807, 2.05) is 0 Å². The van der Waals surface area contributed by atoms with Crippen LogP contribution in [0.4, 0.5) is 20.4 Å². The van der Waals surface area contributed by atoms with Crippen LogP contribution in [0.15, 0.2) is 59.3 Å². The molecule has 190 valence electrons. The Hall–Kier alpha value is -2.83. The second-order valence-electron chi connectivity index (χ2n) is 7.84. The fourth-order valence-corrected chi connectivity index (χ4v) is 6.07. The Morgan fingerprint density at radius 1 is 1.14 bits per heavy atom. The van der Waals surface area contributed by atoms with E-state index in [9.17, 15) is 17.9 Å². The molecule has 4 rings (SSSR count). The summed E-state index contributed by atoms with van der Waals surface area (Å²) in [7, 11) is -4.34. The number of nitrogens with zero attached hydrogens (tertiary/aromatic N) is 2. The third kappa shape index (κ3) is 5.30. The topological polar surface area (TPSA) is 124 Å². The first-order valence-corrected chi connectivity index (χ1v) is 12.9. The van der Waals surface area contributed by atoms with Crippen LogP contribution in [0.25, 0.3) is 22.0 Å². The summed E-state index contributed by atoms with van der Waals surface area (Å²) >= 11 is 12.2. The summed E-state index contributed by atoms with van der Waals surface area (Å²) in [6, 6.07) is 6.38. The zero-order valence-electron chi connectivity index (χ0n) is 18.4. The Morgan fingerprint density at radius 2 is 1.92 bits per heavy atom. The third-order valence-corrected chi connectivity index (χ3v) is 8.00. The number of nitrogens with one attached hydrogen (secondary N) is 2. The Balaban J connectivity index is 1.68. The van der Waals surface area contributed by atoms with E-state index >= 15 is 4.39 Å². The number of fused-ring (bicyclic) bond motifs is 1. The van der Waals surface area contributed by atoms with Crippen molar-refractivity contribution in [1.29, 1.82) is 0 Å². The average Bonchev–Trinajstić information content (AvgIpc) is 2.85. The van der Waals surface area contributed by atoms with Crippen molar-refractivity contribution in [3.05, 3.63) is 70.9 Å². The van der Waals surface area contributed by atoms with E-state index in [0.717, 1.165) is 12.1 Å². The van der Waals surface area contributed by atoms with E-state index in [-0.39, 0.29) is 35.3 Å². The van der Waals surface area contributed by atoms with Crippen LogP contribution in [0.5, 0.6) is 0 Å². The summed E-state index contributed by atoms with van der Waals surface area (Å²) in [5.41, 5.74) is -0.115. The minimum atomic E-state index is -4.34. The van der Waals surface area contributed by atoms with Crippen molar-refractivity contribution in [2.24, 2.45) is 0 Å². The molecule has 0 amide bonds. The molecular weight excluding hydrogens is 537 g/mol. The number of sulfonamides is 1. The maximum atomic E-state index is 15.5. The third-order valence-electron chi connectivity index (χ3n) is 5.44. The van der Waals surface area contributed by atoms with Gasteiger partial charge in [-0.25, -0.2) is 27.2 Å². The fourth-order valence-electron chi connectivity index (χ4n) is 3.70. The second-order valence-corrected chi connectivity index (χ2v) is 10.6. The normalized spacial score (nSPS) is 18.1. The van der Waals surface area contributed by atoms with Gasteiger partial charge >= 0.3 is 0 Å². The van der Waals surface area contributed by atoms with Gasteiger partial charge in [0.2, 0.25) is 16.0 Å². The molecule has 1 aliphatic carbocycles. The molecule has 0 aliphatic heterocycles. The zero-order valence-corrected chi connectivity index (χ0v) is 20.7. The minimum Gasteiger partial charge on any atom is -0.395 e. The molecule has 0 radical (unpaired) electrons. The number of hydrogen-bond donors (Lipinski definition) is 4. The number of rotatable bonds is 8. The van der Waals surface area contributed by atoms with Crippen LogP contribution in [-0.2, 0) is 10.0 Å². The van der Waals surface area contributed by atoms with Crippen LogP contribution in [0.3, 0.4) is 0 Å². The van der Waals surface area contributed by atoms with Gasteiger partial charge in [0.1, 0.15) is 11.1 Å². The summed E-state index contributed by atoms with van der Waals surface area (Å²) in [4.78, 5) is 8.38. The van der Waals surface area contributed by atoms with Crippen molar-refractivity contribution >= 4 is 55.8 Å². The molecular formula is C23H20Cl2F2N4O4S. The van der Waals surface area contributed by atoms with E-state index in [0.29, 0.717) is 10.9 Å². The van der Waals surface area contributed by atoms with E-state index < -0.39 is 50.1 Å². The number of anilines is 2. The maximum absolute atomic E-state index is 15.5. The number of aromatic nitrogens is 2. The summed E-state index contributed by atoms with van der Waals surface area (Å²) in [5, 5.41) is 19.2. The lowest BCUT2D eigenvalue weighted by molar-refractivity contribution is 0.311. The number of aliphatic hydroxyl groups is 2. The number of aliphatic hydroxyl groups excluding tert-OH is 2. The number of hydrogen-bond acceptors (Lipinski definition) is 7.